The number of halogens is 1. The standard InChI is InChI=1S/C7H13NO.C4H3FS.H2/c1-8-6-4-2-3-5-7(6)9;5-4-1-2-6-3-4;/h6,8H,2-5H2,1H3;1-3H;1H/t6-;;/m0../s1. The van der Waals surface area contributed by atoms with Crippen LogP contribution in [0, 0.1) is 5.82 Å². The van der Waals surface area contributed by atoms with E-state index in [0.29, 0.717) is 5.78 Å². The number of thiophene rings is 1. The van der Waals surface area contributed by atoms with Gasteiger partial charge in [0, 0.05) is 13.2 Å². The van der Waals surface area contributed by atoms with E-state index in [9.17, 15) is 9.18 Å². The van der Waals surface area contributed by atoms with Gasteiger partial charge in [-0.2, -0.15) is 0 Å². The SMILES string of the molecule is CN[C@H]1CCCCC1=O.Fc1ccsc1.[HH]. The Morgan fingerprint density at radius 1 is 1.60 bits per heavy atom. The van der Waals surface area contributed by atoms with Gasteiger partial charge >= 0.3 is 0 Å². The summed E-state index contributed by atoms with van der Waals surface area (Å²) in [5, 5.41) is 6.17. The maximum atomic E-state index is 11.7. The largest absolute Gasteiger partial charge is 0.311 e. The van der Waals surface area contributed by atoms with Crippen molar-refractivity contribution in [2.24, 2.45) is 0 Å². The molecular weight excluding hydrogens is 213 g/mol. The van der Waals surface area contributed by atoms with Gasteiger partial charge in [-0.25, -0.2) is 4.39 Å². The number of Topliss-reactive ketones (excluding diaryl/α,β-unsaturated/α-hetero) is 1. The van der Waals surface area contributed by atoms with Crippen molar-refractivity contribution < 1.29 is 10.6 Å². The highest BCUT2D eigenvalue weighted by atomic mass is 32.1. The monoisotopic (exact) mass is 231 g/mol. The molecule has 4 heteroatoms. The van der Waals surface area contributed by atoms with Crippen LogP contribution in [0.3, 0.4) is 0 Å². The molecule has 1 N–H and O–H groups in total. The number of ketones is 1. The van der Waals surface area contributed by atoms with Crippen molar-refractivity contribution in [3.05, 3.63) is 22.6 Å². The smallest absolute Gasteiger partial charge is 0.149 e. The number of hydrogen-bond donors (Lipinski definition) is 1. The summed E-state index contributed by atoms with van der Waals surface area (Å²) >= 11 is 1.36. The Kier molecular flexibility index (Phi) is 5.50. The number of nitrogens with one attached hydrogen (secondary N) is 1. The molecule has 86 valence electrons. The Labute approximate surface area is 95.0 Å². The normalized spacial score (nSPS) is 20.7. The van der Waals surface area contributed by atoms with E-state index in [4.69, 9.17) is 0 Å². The molecule has 0 spiro atoms. The van der Waals surface area contributed by atoms with E-state index in [1.165, 1.54) is 29.2 Å². The van der Waals surface area contributed by atoms with E-state index in [1.807, 2.05) is 7.05 Å². The molecule has 0 aromatic carbocycles. The van der Waals surface area contributed by atoms with Crippen LogP contribution in [0.2, 0.25) is 0 Å². The summed E-state index contributed by atoms with van der Waals surface area (Å²) in [6.07, 6.45) is 4.12. The van der Waals surface area contributed by atoms with Gasteiger partial charge in [0.15, 0.2) is 0 Å². The number of carbonyl (C=O) groups excluding carboxylic acids is 1. The van der Waals surface area contributed by atoms with Gasteiger partial charge in [-0.3, -0.25) is 4.79 Å². The third kappa shape index (κ3) is 4.53. The lowest BCUT2D eigenvalue weighted by Crippen LogP contribution is -2.36. The van der Waals surface area contributed by atoms with Gasteiger partial charge in [0.05, 0.1) is 6.04 Å². The van der Waals surface area contributed by atoms with Crippen molar-refractivity contribution in [2.45, 2.75) is 31.7 Å². The van der Waals surface area contributed by atoms with Crippen LogP contribution < -0.4 is 5.32 Å². The molecule has 1 aromatic rings. The zero-order valence-electron chi connectivity index (χ0n) is 8.83. The first-order valence-electron chi connectivity index (χ1n) is 5.11. The molecule has 0 saturated heterocycles. The average molecular weight is 231 g/mol. The Morgan fingerprint density at radius 2 is 2.40 bits per heavy atom. The van der Waals surface area contributed by atoms with Crippen molar-refractivity contribution in [1.82, 2.24) is 5.32 Å². The number of hydrogen-bond acceptors (Lipinski definition) is 3. The van der Waals surface area contributed by atoms with Crippen LogP contribution in [0.5, 0.6) is 0 Å². The van der Waals surface area contributed by atoms with Crippen LogP contribution in [0.15, 0.2) is 16.8 Å². The first kappa shape index (κ1) is 12.3. The Morgan fingerprint density at radius 3 is 2.73 bits per heavy atom. The van der Waals surface area contributed by atoms with Crippen LogP contribution >= 0.6 is 11.3 Å². The highest BCUT2D eigenvalue weighted by molar-refractivity contribution is 7.07. The van der Waals surface area contributed by atoms with E-state index in [-0.39, 0.29) is 13.3 Å². The summed E-state index contributed by atoms with van der Waals surface area (Å²) < 4.78 is 11.7. The molecule has 0 radical (unpaired) electrons. The zero-order chi connectivity index (χ0) is 11.1. The van der Waals surface area contributed by atoms with Crippen LogP contribution in [0.1, 0.15) is 27.1 Å². The van der Waals surface area contributed by atoms with Gasteiger partial charge in [-0.15, -0.1) is 11.3 Å². The Balaban J connectivity index is 0.000000283. The van der Waals surface area contributed by atoms with Crippen LogP contribution in [-0.2, 0) is 4.79 Å². The minimum absolute atomic E-state index is 0. The molecule has 0 amide bonds. The van der Waals surface area contributed by atoms with Crippen LogP contribution in [-0.4, -0.2) is 18.9 Å². The molecule has 1 aromatic heterocycles. The maximum absolute atomic E-state index is 11.7. The van der Waals surface area contributed by atoms with Crippen molar-refractivity contribution in [1.29, 1.82) is 0 Å². The molecule has 1 aliphatic carbocycles. The molecular formula is C11H18FNOS. The average Bonchev–Trinajstić information content (AvgIpc) is 2.71. The molecule has 2 rings (SSSR count). The van der Waals surface area contributed by atoms with Crippen molar-refractivity contribution in [2.75, 3.05) is 7.05 Å². The summed E-state index contributed by atoms with van der Waals surface area (Å²) in [5.74, 6) is 0.253. The van der Waals surface area contributed by atoms with Gasteiger partial charge < -0.3 is 5.32 Å². The van der Waals surface area contributed by atoms with E-state index in [1.54, 1.807) is 5.38 Å². The predicted octanol–water partition coefficient (Wildman–Crippen LogP) is 2.85. The molecule has 0 bridgehead atoms. The predicted molar refractivity (Wildman–Crippen MR) is 62.7 cm³/mol. The molecule has 0 aliphatic heterocycles. The van der Waals surface area contributed by atoms with Gasteiger partial charge in [0.2, 0.25) is 0 Å². The fourth-order valence-corrected chi connectivity index (χ4v) is 2.03. The molecule has 2 nitrogen and oxygen atoms in total. The van der Waals surface area contributed by atoms with E-state index in [0.717, 1.165) is 19.3 Å². The van der Waals surface area contributed by atoms with Gasteiger partial charge in [0.1, 0.15) is 11.6 Å². The summed E-state index contributed by atoms with van der Waals surface area (Å²) in [4.78, 5) is 11.0. The summed E-state index contributed by atoms with van der Waals surface area (Å²) in [7, 11) is 1.86. The van der Waals surface area contributed by atoms with E-state index in [2.05, 4.69) is 5.32 Å². The lowest BCUT2D eigenvalue weighted by atomic mass is 9.94. The van der Waals surface area contributed by atoms with E-state index < -0.39 is 0 Å². The fraction of sp³-hybridized carbons (Fsp3) is 0.545. The molecule has 1 heterocycles. The Hall–Kier alpha value is -0.740. The highest BCUT2D eigenvalue weighted by Crippen LogP contribution is 2.13. The summed E-state index contributed by atoms with van der Waals surface area (Å²) in [6.45, 7) is 0. The maximum Gasteiger partial charge on any atom is 0.149 e. The lowest BCUT2D eigenvalue weighted by Gasteiger charge is -2.18. The minimum Gasteiger partial charge on any atom is -0.311 e. The highest BCUT2D eigenvalue weighted by Gasteiger charge is 2.19. The third-order valence-electron chi connectivity index (χ3n) is 2.39. The second-order valence-corrected chi connectivity index (χ2v) is 4.27. The number of carbonyl (C=O) groups is 1. The second-order valence-electron chi connectivity index (χ2n) is 3.49. The summed E-state index contributed by atoms with van der Waals surface area (Å²) in [6, 6.07) is 1.60. The molecule has 1 atom stereocenters. The van der Waals surface area contributed by atoms with Crippen molar-refractivity contribution >= 4 is 17.1 Å². The first-order chi connectivity index (χ1) is 7.24. The van der Waals surface area contributed by atoms with Crippen LogP contribution in [0.25, 0.3) is 0 Å². The molecule has 1 saturated carbocycles. The summed E-state index contributed by atoms with van der Waals surface area (Å²) in [5.41, 5.74) is 0. The third-order valence-corrected chi connectivity index (χ3v) is 3.04. The molecule has 15 heavy (non-hydrogen) atoms. The van der Waals surface area contributed by atoms with Gasteiger partial charge in [-0.1, -0.05) is 6.42 Å². The first-order valence-corrected chi connectivity index (χ1v) is 6.06. The van der Waals surface area contributed by atoms with Gasteiger partial charge in [-0.05, 0) is 31.3 Å². The van der Waals surface area contributed by atoms with E-state index >= 15 is 0 Å². The number of rotatable bonds is 1. The second kappa shape index (κ2) is 6.69. The zero-order valence-corrected chi connectivity index (χ0v) is 9.65. The van der Waals surface area contributed by atoms with Gasteiger partial charge in [0.25, 0.3) is 0 Å². The van der Waals surface area contributed by atoms with Crippen molar-refractivity contribution in [3.8, 4) is 0 Å². The Bertz CT molecular complexity index is 292. The quantitative estimate of drug-likeness (QED) is 0.805. The topological polar surface area (TPSA) is 29.1 Å². The van der Waals surface area contributed by atoms with Crippen molar-refractivity contribution in [3.63, 3.8) is 0 Å². The fourth-order valence-electron chi connectivity index (χ4n) is 1.54. The molecule has 0 unspecified atom stereocenters. The molecule has 1 aliphatic rings. The minimum atomic E-state index is -0.139. The lowest BCUT2D eigenvalue weighted by molar-refractivity contribution is -0.122. The van der Waals surface area contributed by atoms with Crippen LogP contribution in [0.4, 0.5) is 4.39 Å². The number of likely N-dealkylation sites (N-methyl/N-ethyl adjacent to an activating group) is 1. The molecule has 1 fully saturated rings.